The summed E-state index contributed by atoms with van der Waals surface area (Å²) in [7, 11) is 0. The number of carbonyl (C=O) groups excluding carboxylic acids is 1. The van der Waals surface area contributed by atoms with Gasteiger partial charge in [0.1, 0.15) is 10.7 Å². The lowest BCUT2D eigenvalue weighted by atomic mass is 10.1. The molecule has 0 aliphatic carbocycles. The number of carbonyl (C=O) groups is 1. The highest BCUT2D eigenvalue weighted by Crippen LogP contribution is 2.26. The third-order valence-corrected chi connectivity index (χ3v) is 5.41. The van der Waals surface area contributed by atoms with E-state index in [-0.39, 0.29) is 5.91 Å². The van der Waals surface area contributed by atoms with E-state index in [1.165, 1.54) is 17.8 Å². The Labute approximate surface area is 139 Å². The minimum Gasteiger partial charge on any atom is -0.384 e. The fraction of sp³-hybridized carbons (Fsp3) is 0.375. The van der Waals surface area contributed by atoms with Crippen molar-refractivity contribution >= 4 is 35.3 Å². The molecule has 1 aromatic heterocycles. The molecule has 0 atom stereocenters. The Morgan fingerprint density at radius 1 is 1.18 bits per heavy atom. The van der Waals surface area contributed by atoms with Gasteiger partial charge in [0.05, 0.1) is 6.54 Å². The summed E-state index contributed by atoms with van der Waals surface area (Å²) in [6.07, 6.45) is 3.34. The molecular weight excluding hydrogens is 314 g/mol. The van der Waals surface area contributed by atoms with Crippen LogP contribution < -0.4 is 5.73 Å². The Morgan fingerprint density at radius 2 is 1.86 bits per heavy atom. The molecule has 2 N–H and O–H groups in total. The SMILES string of the molecule is Nc1c(C(=O)N2CCCCC2)sc(=S)n1Cc1ccccc1. The van der Waals surface area contributed by atoms with Gasteiger partial charge in [-0.1, -0.05) is 41.7 Å². The molecule has 1 aliphatic rings. The topological polar surface area (TPSA) is 51.3 Å². The van der Waals surface area contributed by atoms with E-state index in [4.69, 9.17) is 18.0 Å². The maximum absolute atomic E-state index is 12.6. The Kier molecular flexibility index (Phi) is 4.59. The molecule has 0 saturated carbocycles. The van der Waals surface area contributed by atoms with Gasteiger partial charge >= 0.3 is 0 Å². The van der Waals surface area contributed by atoms with Crippen LogP contribution in [-0.2, 0) is 6.54 Å². The first-order valence-corrected chi connectivity index (χ1v) is 8.71. The molecule has 3 rings (SSSR count). The molecule has 1 saturated heterocycles. The molecular formula is C16H19N3OS2. The third kappa shape index (κ3) is 3.08. The van der Waals surface area contributed by atoms with Crippen LogP contribution >= 0.6 is 23.6 Å². The van der Waals surface area contributed by atoms with Crippen LogP contribution in [0.3, 0.4) is 0 Å². The number of hydrogen-bond donors (Lipinski definition) is 1. The van der Waals surface area contributed by atoms with E-state index < -0.39 is 0 Å². The van der Waals surface area contributed by atoms with Gasteiger partial charge in [-0.25, -0.2) is 0 Å². The molecule has 0 unspecified atom stereocenters. The lowest BCUT2D eigenvalue weighted by Crippen LogP contribution is -2.35. The third-order valence-electron chi connectivity index (χ3n) is 3.95. The number of amides is 1. The van der Waals surface area contributed by atoms with Crippen LogP contribution in [0.15, 0.2) is 30.3 Å². The van der Waals surface area contributed by atoms with Crippen molar-refractivity contribution < 1.29 is 4.79 Å². The number of benzene rings is 1. The minimum absolute atomic E-state index is 0.0279. The number of piperidine rings is 1. The fourth-order valence-corrected chi connectivity index (χ4v) is 4.02. The number of nitrogens with two attached hydrogens (primary N) is 1. The predicted octanol–water partition coefficient (Wildman–Crippen LogP) is 3.54. The molecule has 0 radical (unpaired) electrons. The van der Waals surface area contributed by atoms with Crippen molar-refractivity contribution in [2.45, 2.75) is 25.8 Å². The highest BCUT2D eigenvalue weighted by Gasteiger charge is 2.23. The quantitative estimate of drug-likeness (QED) is 0.874. The van der Waals surface area contributed by atoms with Crippen molar-refractivity contribution in [3.05, 3.63) is 44.7 Å². The highest BCUT2D eigenvalue weighted by molar-refractivity contribution is 7.73. The maximum atomic E-state index is 12.6. The van der Waals surface area contributed by atoms with E-state index >= 15 is 0 Å². The number of likely N-dealkylation sites (tertiary alicyclic amines) is 1. The average Bonchev–Trinajstić information content (AvgIpc) is 2.84. The molecule has 4 nitrogen and oxygen atoms in total. The first-order valence-electron chi connectivity index (χ1n) is 7.49. The summed E-state index contributed by atoms with van der Waals surface area (Å²) in [5.74, 6) is 0.523. The van der Waals surface area contributed by atoms with Crippen molar-refractivity contribution in [1.29, 1.82) is 0 Å². The van der Waals surface area contributed by atoms with Crippen LogP contribution in [0.1, 0.15) is 34.5 Å². The van der Waals surface area contributed by atoms with Gasteiger partial charge in [-0.15, -0.1) is 0 Å². The molecule has 1 aromatic carbocycles. The zero-order chi connectivity index (χ0) is 15.5. The first kappa shape index (κ1) is 15.2. The van der Waals surface area contributed by atoms with Crippen LogP contribution in [-0.4, -0.2) is 28.5 Å². The molecule has 2 heterocycles. The van der Waals surface area contributed by atoms with E-state index in [1.807, 2.05) is 39.8 Å². The average molecular weight is 333 g/mol. The molecule has 0 bridgehead atoms. The van der Waals surface area contributed by atoms with Gasteiger partial charge in [-0.2, -0.15) is 0 Å². The Bertz CT molecular complexity index is 715. The highest BCUT2D eigenvalue weighted by atomic mass is 32.1. The van der Waals surface area contributed by atoms with Crippen molar-refractivity contribution in [3.63, 3.8) is 0 Å². The molecule has 0 spiro atoms. The van der Waals surface area contributed by atoms with E-state index in [9.17, 15) is 4.79 Å². The molecule has 1 aliphatic heterocycles. The molecule has 6 heteroatoms. The summed E-state index contributed by atoms with van der Waals surface area (Å²) in [6.45, 7) is 2.25. The van der Waals surface area contributed by atoms with Crippen LogP contribution in [0.5, 0.6) is 0 Å². The van der Waals surface area contributed by atoms with Gasteiger partial charge in [0.25, 0.3) is 5.91 Å². The number of rotatable bonds is 3. The van der Waals surface area contributed by atoms with Gasteiger partial charge in [-0.05, 0) is 37.0 Å². The van der Waals surface area contributed by atoms with Crippen LogP contribution in [0.4, 0.5) is 5.82 Å². The number of thiazole rings is 1. The Hall–Kier alpha value is -1.66. The number of nitrogen functional groups attached to an aromatic ring is 1. The second-order valence-corrected chi connectivity index (χ2v) is 7.15. The molecule has 22 heavy (non-hydrogen) atoms. The maximum Gasteiger partial charge on any atom is 0.267 e. The van der Waals surface area contributed by atoms with E-state index in [0.717, 1.165) is 31.5 Å². The smallest absolute Gasteiger partial charge is 0.267 e. The summed E-state index contributed by atoms with van der Waals surface area (Å²) in [5, 5.41) is 0. The predicted molar refractivity (Wildman–Crippen MR) is 92.9 cm³/mol. The number of nitrogens with zero attached hydrogens (tertiary/aromatic N) is 2. The molecule has 116 valence electrons. The lowest BCUT2D eigenvalue weighted by Gasteiger charge is -2.26. The van der Waals surface area contributed by atoms with Gasteiger partial charge in [0.15, 0.2) is 3.95 Å². The van der Waals surface area contributed by atoms with Crippen molar-refractivity contribution in [1.82, 2.24) is 9.47 Å². The summed E-state index contributed by atoms with van der Waals surface area (Å²) in [6, 6.07) is 10.0. The monoisotopic (exact) mass is 333 g/mol. The summed E-state index contributed by atoms with van der Waals surface area (Å²) in [5.41, 5.74) is 7.34. The largest absolute Gasteiger partial charge is 0.384 e. The Balaban J connectivity index is 1.86. The first-order chi connectivity index (χ1) is 10.7. The standard InChI is InChI=1S/C16H19N3OS2/c17-14-13(15(20)18-9-5-2-6-10-18)22-16(21)19(14)11-12-7-3-1-4-8-12/h1,3-4,7-8H,2,5-6,9-11,17H2. The van der Waals surface area contributed by atoms with Crippen LogP contribution in [0, 0.1) is 3.95 Å². The number of hydrogen-bond acceptors (Lipinski definition) is 4. The van der Waals surface area contributed by atoms with Crippen molar-refractivity contribution in [3.8, 4) is 0 Å². The summed E-state index contributed by atoms with van der Waals surface area (Å²) >= 11 is 6.73. The van der Waals surface area contributed by atoms with E-state index in [1.54, 1.807) is 0 Å². The van der Waals surface area contributed by atoms with Crippen LogP contribution in [0.25, 0.3) is 0 Å². The van der Waals surface area contributed by atoms with E-state index in [0.29, 0.717) is 21.2 Å². The molecule has 2 aromatic rings. The van der Waals surface area contributed by atoms with Crippen LogP contribution in [0.2, 0.25) is 0 Å². The van der Waals surface area contributed by atoms with Gasteiger partial charge in [0, 0.05) is 13.1 Å². The lowest BCUT2D eigenvalue weighted by molar-refractivity contribution is 0.0730. The van der Waals surface area contributed by atoms with Gasteiger partial charge < -0.3 is 15.2 Å². The van der Waals surface area contributed by atoms with Gasteiger partial charge in [-0.3, -0.25) is 4.79 Å². The van der Waals surface area contributed by atoms with Crippen molar-refractivity contribution in [2.24, 2.45) is 0 Å². The van der Waals surface area contributed by atoms with E-state index in [2.05, 4.69) is 0 Å². The number of aromatic nitrogens is 1. The fourth-order valence-electron chi connectivity index (χ4n) is 2.73. The van der Waals surface area contributed by atoms with Crippen molar-refractivity contribution in [2.75, 3.05) is 18.8 Å². The second kappa shape index (κ2) is 6.62. The molecule has 1 amide bonds. The number of anilines is 1. The summed E-state index contributed by atoms with van der Waals surface area (Å²) < 4.78 is 2.51. The second-order valence-electron chi connectivity index (χ2n) is 5.51. The zero-order valence-corrected chi connectivity index (χ0v) is 14.0. The van der Waals surface area contributed by atoms with Gasteiger partial charge in [0.2, 0.25) is 0 Å². The normalized spacial score (nSPS) is 15.0. The summed E-state index contributed by atoms with van der Waals surface area (Å²) in [4.78, 5) is 15.1. The zero-order valence-electron chi connectivity index (χ0n) is 12.3. The molecule has 1 fully saturated rings. The Morgan fingerprint density at radius 3 is 2.55 bits per heavy atom. The minimum atomic E-state index is 0.0279.